The van der Waals surface area contributed by atoms with Gasteiger partial charge in [-0.3, -0.25) is 19.7 Å². The molecular formula is C19H17ClN4O4. The van der Waals surface area contributed by atoms with Crippen molar-refractivity contribution >= 4 is 40.5 Å². The molecule has 8 nitrogen and oxygen atoms in total. The predicted octanol–water partition coefficient (Wildman–Crippen LogP) is 3.78. The molecule has 2 atom stereocenters. The highest BCUT2D eigenvalue weighted by Crippen LogP contribution is 2.37. The summed E-state index contributed by atoms with van der Waals surface area (Å²) in [6.07, 6.45) is 0. The van der Waals surface area contributed by atoms with E-state index in [-0.39, 0.29) is 17.5 Å². The highest BCUT2D eigenvalue weighted by Gasteiger charge is 2.43. The molecule has 3 rings (SSSR count). The van der Waals surface area contributed by atoms with Crippen LogP contribution in [0.5, 0.6) is 0 Å². The van der Waals surface area contributed by atoms with Gasteiger partial charge in [-0.1, -0.05) is 23.7 Å². The number of carbonyl (C=O) groups is 2. The number of rotatable bonds is 4. The molecular weight excluding hydrogens is 384 g/mol. The van der Waals surface area contributed by atoms with Gasteiger partial charge < -0.3 is 5.32 Å². The summed E-state index contributed by atoms with van der Waals surface area (Å²) >= 11 is 5.87. The van der Waals surface area contributed by atoms with Gasteiger partial charge in [0.15, 0.2) is 0 Å². The Morgan fingerprint density at radius 2 is 1.89 bits per heavy atom. The van der Waals surface area contributed by atoms with Gasteiger partial charge in [0.1, 0.15) is 5.92 Å². The lowest BCUT2D eigenvalue weighted by Gasteiger charge is -2.25. The Balaban J connectivity index is 1.97. The lowest BCUT2D eigenvalue weighted by atomic mass is 9.89. The molecule has 2 unspecified atom stereocenters. The van der Waals surface area contributed by atoms with E-state index < -0.39 is 16.9 Å². The van der Waals surface area contributed by atoms with Crippen LogP contribution in [0.2, 0.25) is 5.02 Å². The third kappa shape index (κ3) is 3.86. The van der Waals surface area contributed by atoms with Crippen LogP contribution in [0.1, 0.15) is 25.5 Å². The summed E-state index contributed by atoms with van der Waals surface area (Å²) in [6.45, 7) is 2.99. The standard InChI is InChI=1S/C19H17ClN4O4/c1-11-17(19(26)21-15-8-6-14(20)7-9-15)18(23(22-11)12(2)25)13-4-3-5-16(10-13)24(27)28/h3-10,17-18H,1-2H3,(H,21,26). The fourth-order valence-electron chi connectivity index (χ4n) is 3.17. The summed E-state index contributed by atoms with van der Waals surface area (Å²) in [5.74, 6) is -1.52. The van der Waals surface area contributed by atoms with Gasteiger partial charge in [0.2, 0.25) is 11.8 Å². The lowest BCUT2D eigenvalue weighted by Crippen LogP contribution is -2.35. The number of non-ortho nitro benzene ring substituents is 1. The molecule has 0 fully saturated rings. The Kier molecular flexibility index (Phi) is 5.41. The van der Waals surface area contributed by atoms with Gasteiger partial charge in [0, 0.05) is 29.8 Å². The number of hydrogen-bond acceptors (Lipinski definition) is 5. The number of amides is 2. The molecule has 0 bridgehead atoms. The van der Waals surface area contributed by atoms with Crippen molar-refractivity contribution in [1.29, 1.82) is 0 Å². The maximum absolute atomic E-state index is 13.0. The SMILES string of the molecule is CC(=O)N1N=C(C)C(C(=O)Nc2ccc(Cl)cc2)C1c1cccc([N+](=O)[O-])c1. The molecule has 0 saturated heterocycles. The summed E-state index contributed by atoms with van der Waals surface area (Å²) in [5, 5.41) is 19.9. The van der Waals surface area contributed by atoms with E-state index >= 15 is 0 Å². The minimum absolute atomic E-state index is 0.123. The Hall–Kier alpha value is -3.26. The third-order valence-electron chi connectivity index (χ3n) is 4.43. The molecule has 0 saturated carbocycles. The average molecular weight is 401 g/mol. The van der Waals surface area contributed by atoms with Gasteiger partial charge in [-0.2, -0.15) is 5.10 Å². The topological polar surface area (TPSA) is 105 Å². The van der Waals surface area contributed by atoms with E-state index in [2.05, 4.69) is 10.4 Å². The number of halogens is 1. The molecule has 1 aliphatic rings. The first-order chi connectivity index (χ1) is 13.3. The van der Waals surface area contributed by atoms with Gasteiger partial charge in [-0.15, -0.1) is 0 Å². The molecule has 144 valence electrons. The molecule has 0 spiro atoms. The molecule has 0 aliphatic carbocycles. The summed E-state index contributed by atoms with van der Waals surface area (Å²) in [5.41, 5.74) is 1.32. The van der Waals surface area contributed by atoms with Crippen LogP contribution in [-0.4, -0.2) is 27.5 Å². The van der Waals surface area contributed by atoms with Gasteiger partial charge in [-0.25, -0.2) is 5.01 Å². The Morgan fingerprint density at radius 3 is 2.50 bits per heavy atom. The Morgan fingerprint density at radius 1 is 1.21 bits per heavy atom. The van der Waals surface area contributed by atoms with Crippen LogP contribution in [0.15, 0.2) is 53.6 Å². The number of nitro benzene ring substituents is 1. The number of hydrazone groups is 1. The van der Waals surface area contributed by atoms with Crippen LogP contribution in [0.4, 0.5) is 11.4 Å². The van der Waals surface area contributed by atoms with Gasteiger partial charge in [0.05, 0.1) is 16.7 Å². The summed E-state index contributed by atoms with van der Waals surface area (Å²) < 4.78 is 0. The number of anilines is 1. The molecule has 1 heterocycles. The first kappa shape index (κ1) is 19.5. The van der Waals surface area contributed by atoms with Crippen LogP contribution in [0.3, 0.4) is 0 Å². The van der Waals surface area contributed by atoms with Gasteiger partial charge in [0.25, 0.3) is 5.69 Å². The molecule has 2 amide bonds. The van der Waals surface area contributed by atoms with Crippen molar-refractivity contribution in [2.24, 2.45) is 11.0 Å². The smallest absolute Gasteiger partial charge is 0.269 e. The van der Waals surface area contributed by atoms with Crippen molar-refractivity contribution in [3.63, 3.8) is 0 Å². The Labute approximate surface area is 165 Å². The summed E-state index contributed by atoms with van der Waals surface area (Å²) in [6, 6.07) is 11.7. The summed E-state index contributed by atoms with van der Waals surface area (Å²) in [7, 11) is 0. The molecule has 2 aromatic rings. The first-order valence-electron chi connectivity index (χ1n) is 8.43. The molecule has 0 radical (unpaired) electrons. The zero-order valence-electron chi connectivity index (χ0n) is 15.1. The van der Waals surface area contributed by atoms with E-state index in [4.69, 9.17) is 11.6 Å². The second kappa shape index (κ2) is 7.77. The second-order valence-corrected chi connectivity index (χ2v) is 6.81. The minimum atomic E-state index is -0.790. The normalized spacial score (nSPS) is 18.5. The van der Waals surface area contributed by atoms with Crippen molar-refractivity contribution < 1.29 is 14.5 Å². The minimum Gasteiger partial charge on any atom is -0.325 e. The van der Waals surface area contributed by atoms with Crippen LogP contribution in [0, 0.1) is 16.0 Å². The number of carbonyl (C=O) groups excluding carboxylic acids is 2. The monoisotopic (exact) mass is 400 g/mol. The number of hydrogen-bond donors (Lipinski definition) is 1. The molecule has 2 aromatic carbocycles. The quantitative estimate of drug-likeness (QED) is 0.622. The number of nitrogens with zero attached hydrogens (tertiary/aromatic N) is 3. The third-order valence-corrected chi connectivity index (χ3v) is 4.69. The van der Waals surface area contributed by atoms with E-state index in [1.807, 2.05) is 0 Å². The van der Waals surface area contributed by atoms with E-state index in [0.717, 1.165) is 0 Å². The van der Waals surface area contributed by atoms with E-state index in [0.29, 0.717) is 22.0 Å². The maximum Gasteiger partial charge on any atom is 0.269 e. The highest BCUT2D eigenvalue weighted by atomic mass is 35.5. The van der Waals surface area contributed by atoms with Crippen LogP contribution in [0.25, 0.3) is 0 Å². The van der Waals surface area contributed by atoms with Crippen LogP contribution >= 0.6 is 11.6 Å². The molecule has 1 aliphatic heterocycles. The van der Waals surface area contributed by atoms with Crippen molar-refractivity contribution in [1.82, 2.24) is 5.01 Å². The zero-order chi connectivity index (χ0) is 20.4. The summed E-state index contributed by atoms with van der Waals surface area (Å²) in [4.78, 5) is 35.7. The van der Waals surface area contributed by atoms with Gasteiger partial charge >= 0.3 is 0 Å². The largest absolute Gasteiger partial charge is 0.325 e. The zero-order valence-corrected chi connectivity index (χ0v) is 15.9. The van der Waals surface area contributed by atoms with Crippen molar-refractivity contribution in [2.45, 2.75) is 19.9 Å². The Bertz CT molecular complexity index is 974. The molecule has 9 heteroatoms. The molecule has 1 N–H and O–H groups in total. The van der Waals surface area contributed by atoms with Crippen molar-refractivity contribution in [3.8, 4) is 0 Å². The maximum atomic E-state index is 13.0. The molecule has 28 heavy (non-hydrogen) atoms. The van der Waals surface area contributed by atoms with E-state index in [1.165, 1.54) is 30.1 Å². The van der Waals surface area contributed by atoms with Crippen molar-refractivity contribution in [3.05, 3.63) is 69.2 Å². The number of benzene rings is 2. The van der Waals surface area contributed by atoms with Gasteiger partial charge in [-0.05, 0) is 36.8 Å². The fourth-order valence-corrected chi connectivity index (χ4v) is 3.30. The number of nitro groups is 1. The van der Waals surface area contributed by atoms with E-state index in [1.54, 1.807) is 37.3 Å². The first-order valence-corrected chi connectivity index (χ1v) is 8.81. The van der Waals surface area contributed by atoms with Crippen LogP contribution in [-0.2, 0) is 9.59 Å². The molecule has 0 aromatic heterocycles. The highest BCUT2D eigenvalue weighted by molar-refractivity contribution is 6.30. The average Bonchev–Trinajstić information content (AvgIpc) is 3.01. The second-order valence-electron chi connectivity index (χ2n) is 6.38. The van der Waals surface area contributed by atoms with Crippen LogP contribution < -0.4 is 5.32 Å². The van der Waals surface area contributed by atoms with E-state index in [9.17, 15) is 19.7 Å². The van der Waals surface area contributed by atoms with Crippen molar-refractivity contribution in [2.75, 3.05) is 5.32 Å². The lowest BCUT2D eigenvalue weighted by molar-refractivity contribution is -0.385. The fraction of sp³-hybridized carbons (Fsp3) is 0.211. The number of nitrogens with one attached hydrogen (secondary N) is 1. The predicted molar refractivity (Wildman–Crippen MR) is 105 cm³/mol.